The molecule has 1 saturated heterocycles. The Kier molecular flexibility index (Phi) is 6.79. The van der Waals surface area contributed by atoms with Crippen molar-refractivity contribution in [1.29, 1.82) is 0 Å². The molecule has 0 aliphatic carbocycles. The minimum Gasteiger partial charge on any atom is -0.361 e. The number of hydrogen-bond acceptors (Lipinski definition) is 5. The van der Waals surface area contributed by atoms with Gasteiger partial charge >= 0.3 is 0 Å². The van der Waals surface area contributed by atoms with Crippen molar-refractivity contribution in [3.8, 4) is 11.1 Å². The van der Waals surface area contributed by atoms with Crippen LogP contribution in [0.3, 0.4) is 0 Å². The lowest BCUT2D eigenvalue weighted by atomic mass is 9.90. The normalized spacial score (nSPS) is 18.2. The van der Waals surface area contributed by atoms with Gasteiger partial charge in [-0.15, -0.1) is 0 Å². The number of carbonyl (C=O) groups excluding carboxylic acids is 2. The van der Waals surface area contributed by atoms with Crippen molar-refractivity contribution < 1.29 is 14.3 Å². The van der Waals surface area contributed by atoms with Crippen LogP contribution < -0.4 is 5.32 Å². The molecule has 1 aliphatic rings. The quantitative estimate of drug-likeness (QED) is 0.632. The molecule has 0 spiro atoms. The number of rotatable bonds is 6. The number of aromatic nitrogens is 2. The van der Waals surface area contributed by atoms with E-state index in [1.807, 2.05) is 56.4 Å². The number of nitrogens with zero attached hydrogens (tertiary/aromatic N) is 3. The van der Waals surface area contributed by atoms with E-state index in [-0.39, 0.29) is 31.0 Å². The molecule has 3 aromatic rings. The Labute approximate surface area is 193 Å². The lowest BCUT2D eigenvalue weighted by Crippen LogP contribution is -2.62. The van der Waals surface area contributed by atoms with Gasteiger partial charge in [-0.1, -0.05) is 30.3 Å². The van der Waals surface area contributed by atoms with Gasteiger partial charge in [-0.3, -0.25) is 19.6 Å². The van der Waals surface area contributed by atoms with Crippen molar-refractivity contribution in [1.82, 2.24) is 20.2 Å². The summed E-state index contributed by atoms with van der Waals surface area (Å²) in [5, 5.41) is 2.99. The molecule has 1 atom stereocenters. The lowest BCUT2D eigenvalue weighted by Gasteiger charge is -2.42. The molecular weight excluding hydrogens is 416 g/mol. The van der Waals surface area contributed by atoms with E-state index in [4.69, 9.17) is 4.74 Å². The van der Waals surface area contributed by atoms with Crippen LogP contribution in [0.1, 0.15) is 29.8 Å². The predicted molar refractivity (Wildman–Crippen MR) is 125 cm³/mol. The van der Waals surface area contributed by atoms with Gasteiger partial charge in [0.2, 0.25) is 0 Å². The maximum absolute atomic E-state index is 13.3. The summed E-state index contributed by atoms with van der Waals surface area (Å²) in [4.78, 5) is 36.3. The Balaban J connectivity index is 1.59. The van der Waals surface area contributed by atoms with E-state index >= 15 is 0 Å². The van der Waals surface area contributed by atoms with Crippen LogP contribution in [0.4, 0.5) is 0 Å². The first-order valence-electron chi connectivity index (χ1n) is 11.1. The molecule has 0 unspecified atom stereocenters. The third-order valence-electron chi connectivity index (χ3n) is 5.65. The molecule has 1 fully saturated rings. The molecule has 0 saturated carbocycles. The topological polar surface area (TPSA) is 84.4 Å². The van der Waals surface area contributed by atoms with Crippen LogP contribution in [-0.4, -0.2) is 58.0 Å². The first kappa shape index (κ1) is 22.6. The van der Waals surface area contributed by atoms with E-state index in [0.29, 0.717) is 18.5 Å². The van der Waals surface area contributed by atoms with Crippen LogP contribution in [0, 0.1) is 0 Å². The number of nitrogens with one attached hydrogen (secondary N) is 1. The van der Waals surface area contributed by atoms with Gasteiger partial charge in [-0.2, -0.15) is 0 Å². The van der Waals surface area contributed by atoms with Gasteiger partial charge in [-0.25, -0.2) is 0 Å². The summed E-state index contributed by atoms with van der Waals surface area (Å²) in [5.41, 5.74) is 2.36. The highest BCUT2D eigenvalue weighted by Gasteiger charge is 2.45. The smallest absolute Gasteiger partial charge is 0.255 e. The van der Waals surface area contributed by atoms with Crippen LogP contribution in [0.2, 0.25) is 0 Å². The summed E-state index contributed by atoms with van der Waals surface area (Å²) in [6.07, 6.45) is 7.10. The SMILES string of the molecule is CC(C)NC(=O)[C@]1(Cc2ccc(-c3cccnc3)cc2)CN(C(=O)c2cccnc2)CCO1. The molecule has 1 aromatic carbocycles. The van der Waals surface area contributed by atoms with Crippen LogP contribution in [0.15, 0.2) is 73.3 Å². The van der Waals surface area contributed by atoms with Gasteiger partial charge in [0.25, 0.3) is 11.8 Å². The molecule has 4 rings (SSSR count). The van der Waals surface area contributed by atoms with Crippen LogP contribution in [-0.2, 0) is 16.0 Å². The molecule has 1 N–H and O–H groups in total. The van der Waals surface area contributed by atoms with Gasteiger partial charge in [0, 0.05) is 43.8 Å². The molecule has 2 aromatic heterocycles. The molecule has 3 heterocycles. The third kappa shape index (κ3) is 5.26. The summed E-state index contributed by atoms with van der Waals surface area (Å²) in [6.45, 7) is 4.70. The Bertz CT molecular complexity index is 1090. The van der Waals surface area contributed by atoms with Crippen LogP contribution in [0.25, 0.3) is 11.1 Å². The van der Waals surface area contributed by atoms with Crippen molar-refractivity contribution in [2.45, 2.75) is 31.9 Å². The molecule has 1 aliphatic heterocycles. The van der Waals surface area contributed by atoms with Crippen LogP contribution >= 0.6 is 0 Å². The Morgan fingerprint density at radius 1 is 1.03 bits per heavy atom. The molecule has 7 nitrogen and oxygen atoms in total. The first-order chi connectivity index (χ1) is 16.0. The Morgan fingerprint density at radius 3 is 2.39 bits per heavy atom. The minimum atomic E-state index is -1.17. The maximum atomic E-state index is 13.3. The molecule has 33 heavy (non-hydrogen) atoms. The number of benzene rings is 1. The van der Waals surface area contributed by atoms with Crippen molar-refractivity contribution >= 4 is 11.8 Å². The van der Waals surface area contributed by atoms with Gasteiger partial charge < -0.3 is 15.0 Å². The average Bonchev–Trinajstić information content (AvgIpc) is 2.85. The summed E-state index contributed by atoms with van der Waals surface area (Å²) >= 11 is 0. The van der Waals surface area contributed by atoms with E-state index in [1.165, 1.54) is 0 Å². The highest BCUT2D eigenvalue weighted by atomic mass is 16.5. The zero-order valence-corrected chi connectivity index (χ0v) is 18.9. The van der Waals surface area contributed by atoms with Crippen molar-refractivity contribution in [2.24, 2.45) is 0 Å². The predicted octanol–water partition coefficient (Wildman–Crippen LogP) is 3.12. The van der Waals surface area contributed by atoms with Crippen molar-refractivity contribution in [2.75, 3.05) is 19.7 Å². The number of amides is 2. The molecular formula is C26H28N4O3. The number of ether oxygens (including phenoxy) is 1. The monoisotopic (exact) mass is 444 g/mol. The van der Waals surface area contributed by atoms with Gasteiger partial charge in [-0.05, 0) is 48.7 Å². The third-order valence-corrected chi connectivity index (χ3v) is 5.65. The van der Waals surface area contributed by atoms with E-state index in [2.05, 4.69) is 15.3 Å². The summed E-state index contributed by atoms with van der Waals surface area (Å²) < 4.78 is 6.13. The van der Waals surface area contributed by atoms with Crippen LogP contribution in [0.5, 0.6) is 0 Å². The zero-order valence-electron chi connectivity index (χ0n) is 18.9. The van der Waals surface area contributed by atoms with Gasteiger partial charge in [0.05, 0.1) is 18.7 Å². The second kappa shape index (κ2) is 9.92. The van der Waals surface area contributed by atoms with E-state index in [0.717, 1.165) is 16.7 Å². The average molecular weight is 445 g/mol. The summed E-state index contributed by atoms with van der Waals surface area (Å²) in [7, 11) is 0. The van der Waals surface area contributed by atoms with E-state index in [1.54, 1.807) is 35.6 Å². The van der Waals surface area contributed by atoms with Crippen molar-refractivity contribution in [3.63, 3.8) is 0 Å². The fourth-order valence-corrected chi connectivity index (χ4v) is 4.03. The van der Waals surface area contributed by atoms with E-state index < -0.39 is 5.60 Å². The maximum Gasteiger partial charge on any atom is 0.255 e. The second-order valence-electron chi connectivity index (χ2n) is 8.55. The molecule has 0 bridgehead atoms. The molecule has 170 valence electrons. The fourth-order valence-electron chi connectivity index (χ4n) is 4.03. The summed E-state index contributed by atoms with van der Waals surface area (Å²) in [6, 6.07) is 15.4. The largest absolute Gasteiger partial charge is 0.361 e. The van der Waals surface area contributed by atoms with Gasteiger partial charge in [0.1, 0.15) is 0 Å². The first-order valence-corrected chi connectivity index (χ1v) is 11.1. The fraction of sp³-hybridized carbons (Fsp3) is 0.308. The van der Waals surface area contributed by atoms with Crippen molar-refractivity contribution in [3.05, 3.63) is 84.4 Å². The molecule has 0 radical (unpaired) electrons. The Morgan fingerprint density at radius 2 is 1.76 bits per heavy atom. The molecule has 7 heteroatoms. The highest BCUT2D eigenvalue weighted by molar-refractivity contribution is 5.95. The zero-order chi connectivity index (χ0) is 23.3. The lowest BCUT2D eigenvalue weighted by molar-refractivity contribution is -0.157. The van der Waals surface area contributed by atoms with Gasteiger partial charge in [0.15, 0.2) is 5.60 Å². The number of carbonyl (C=O) groups is 2. The standard InChI is InChI=1S/C26H28N4O3/c1-19(2)29-25(32)26(15-20-7-9-21(10-8-20)22-5-3-11-27-16-22)18-30(13-14-33-26)24(31)23-6-4-12-28-17-23/h3-12,16-17,19H,13-15,18H2,1-2H3,(H,29,32)/t26-/m0/s1. The summed E-state index contributed by atoms with van der Waals surface area (Å²) in [5.74, 6) is -0.363. The molecule has 2 amide bonds. The second-order valence-corrected chi connectivity index (χ2v) is 8.55. The van der Waals surface area contributed by atoms with E-state index in [9.17, 15) is 9.59 Å². The Hall–Kier alpha value is -3.58. The number of morpholine rings is 1. The number of hydrogen-bond donors (Lipinski definition) is 1. The number of pyridine rings is 2. The highest BCUT2D eigenvalue weighted by Crippen LogP contribution is 2.27. The minimum absolute atomic E-state index is 0.0460.